The molecule has 3 heteroatoms. The van der Waals surface area contributed by atoms with Crippen LogP contribution in [0.2, 0.25) is 0 Å². The minimum atomic E-state index is 0.848. The Labute approximate surface area is 61.0 Å². The highest BCUT2D eigenvalue weighted by Gasteiger charge is 1.88. The molecular weight excluding hydrogens is 220 g/mol. The van der Waals surface area contributed by atoms with Gasteiger partial charge >= 0.3 is 0 Å². The van der Waals surface area contributed by atoms with Gasteiger partial charge in [-0.1, -0.05) is 13.8 Å². The Morgan fingerprint density at radius 3 is 2.43 bits per heavy atom. The molecular formula is C4H11INP. The molecule has 7 heavy (non-hydrogen) atoms. The maximum absolute atomic E-state index is 3.10. The normalized spacial score (nSPS) is 12.0. The Hall–Kier alpha value is 1.12. The molecule has 0 radical (unpaired) electrons. The van der Waals surface area contributed by atoms with Crippen LogP contribution in [0.1, 0.15) is 13.8 Å². The van der Waals surface area contributed by atoms with Crippen LogP contribution in [0, 0.1) is 5.92 Å². The van der Waals surface area contributed by atoms with E-state index in [0.717, 1.165) is 14.6 Å². The molecule has 0 aromatic heterocycles. The van der Waals surface area contributed by atoms with Crippen molar-refractivity contribution in [2.24, 2.45) is 5.92 Å². The number of hydrogen-bond acceptors (Lipinski definition) is 1. The monoisotopic (exact) mass is 231 g/mol. The van der Waals surface area contributed by atoms with Gasteiger partial charge in [0.05, 0.1) is 0 Å². The van der Waals surface area contributed by atoms with E-state index in [0.29, 0.717) is 0 Å². The molecule has 0 saturated heterocycles. The van der Waals surface area contributed by atoms with Crippen LogP contribution < -0.4 is 3.30 Å². The molecule has 0 bridgehead atoms. The fourth-order valence-corrected chi connectivity index (χ4v) is 1.39. The van der Waals surface area contributed by atoms with E-state index in [1.165, 1.54) is 6.16 Å². The van der Waals surface area contributed by atoms with Crippen molar-refractivity contribution in [2.45, 2.75) is 13.8 Å². The lowest BCUT2D eigenvalue weighted by Gasteiger charge is -1.99. The van der Waals surface area contributed by atoms with Crippen LogP contribution in [0.5, 0.6) is 0 Å². The van der Waals surface area contributed by atoms with E-state index in [4.69, 9.17) is 0 Å². The van der Waals surface area contributed by atoms with Gasteiger partial charge in [0.1, 0.15) is 0 Å². The fraction of sp³-hybridized carbons (Fsp3) is 1.00. The van der Waals surface area contributed by atoms with Crippen LogP contribution in [-0.2, 0) is 0 Å². The molecule has 0 aromatic rings. The lowest BCUT2D eigenvalue weighted by atomic mass is 10.3. The predicted octanol–water partition coefficient (Wildman–Crippen LogP) is 2.18. The molecule has 0 amide bonds. The highest BCUT2D eigenvalue weighted by atomic mass is 127. The lowest BCUT2D eigenvalue weighted by Crippen LogP contribution is -1.91. The van der Waals surface area contributed by atoms with Crippen molar-refractivity contribution >= 4 is 31.6 Å². The molecule has 1 nitrogen and oxygen atoms in total. The van der Waals surface area contributed by atoms with E-state index in [2.05, 4.69) is 40.0 Å². The molecule has 0 aliphatic carbocycles. The fourth-order valence-electron chi connectivity index (χ4n) is 0.243. The summed E-state index contributed by atoms with van der Waals surface area (Å²) in [5.74, 6) is 0.848. The van der Waals surface area contributed by atoms with Gasteiger partial charge in [-0.2, -0.15) is 0 Å². The Bertz CT molecular complexity index is 40.7. The van der Waals surface area contributed by atoms with Crippen molar-refractivity contribution in [1.82, 2.24) is 3.30 Å². The topological polar surface area (TPSA) is 12.0 Å². The Kier molecular flexibility index (Phi) is 6.10. The summed E-state index contributed by atoms with van der Waals surface area (Å²) in [6, 6.07) is 0. The van der Waals surface area contributed by atoms with Crippen LogP contribution in [0.25, 0.3) is 0 Å². The summed E-state index contributed by atoms with van der Waals surface area (Å²) in [7, 11) is 0.932. The molecule has 0 saturated carbocycles. The maximum atomic E-state index is 3.10. The third kappa shape index (κ3) is 7.12. The van der Waals surface area contributed by atoms with E-state index in [-0.39, 0.29) is 0 Å². The van der Waals surface area contributed by atoms with E-state index in [1.807, 2.05) is 0 Å². The van der Waals surface area contributed by atoms with Crippen molar-refractivity contribution in [3.8, 4) is 0 Å². The first-order chi connectivity index (χ1) is 3.27. The van der Waals surface area contributed by atoms with E-state index < -0.39 is 0 Å². The third-order valence-corrected chi connectivity index (χ3v) is 2.88. The number of nitrogens with one attached hydrogen (secondary N) is 1. The van der Waals surface area contributed by atoms with Crippen molar-refractivity contribution in [3.63, 3.8) is 0 Å². The highest BCUT2D eigenvalue weighted by molar-refractivity contribution is 14.1. The molecule has 1 unspecified atom stereocenters. The largest absolute Gasteiger partial charge is 0.242 e. The lowest BCUT2D eigenvalue weighted by molar-refractivity contribution is 0.747. The summed E-state index contributed by atoms with van der Waals surface area (Å²) >= 11 is 2.18. The second-order valence-corrected chi connectivity index (χ2v) is 4.44. The molecule has 0 fully saturated rings. The van der Waals surface area contributed by atoms with Crippen molar-refractivity contribution in [1.29, 1.82) is 0 Å². The van der Waals surface area contributed by atoms with E-state index in [9.17, 15) is 0 Å². The SMILES string of the molecule is CC(C)CPNI. The Morgan fingerprint density at radius 2 is 2.29 bits per heavy atom. The zero-order valence-electron chi connectivity index (χ0n) is 4.66. The first-order valence-electron chi connectivity index (χ1n) is 2.36. The summed E-state index contributed by atoms with van der Waals surface area (Å²) in [4.78, 5) is 0. The molecule has 44 valence electrons. The van der Waals surface area contributed by atoms with Gasteiger partial charge in [0, 0.05) is 22.9 Å². The van der Waals surface area contributed by atoms with Crippen LogP contribution in [0.4, 0.5) is 0 Å². The average Bonchev–Trinajstić information content (AvgIpc) is 1.61. The third-order valence-electron chi connectivity index (χ3n) is 0.577. The standard InChI is InChI=1S/C4H11INP/c1-4(2)3-7-6-5/h4,6-7H,3H2,1-2H3. The minimum Gasteiger partial charge on any atom is -0.242 e. The van der Waals surface area contributed by atoms with Gasteiger partial charge in [0.15, 0.2) is 0 Å². The minimum absolute atomic E-state index is 0.848. The molecule has 0 rings (SSSR count). The van der Waals surface area contributed by atoms with E-state index in [1.54, 1.807) is 0 Å². The number of rotatable bonds is 3. The van der Waals surface area contributed by atoms with Gasteiger partial charge in [-0.25, -0.2) is 3.30 Å². The molecule has 1 N–H and O–H groups in total. The second kappa shape index (κ2) is 5.26. The summed E-state index contributed by atoms with van der Waals surface area (Å²) < 4.78 is 3.10. The van der Waals surface area contributed by atoms with Gasteiger partial charge < -0.3 is 0 Å². The highest BCUT2D eigenvalue weighted by Crippen LogP contribution is 2.10. The van der Waals surface area contributed by atoms with Crippen LogP contribution in [0.15, 0.2) is 0 Å². The Balaban J connectivity index is 2.68. The Morgan fingerprint density at radius 1 is 1.71 bits per heavy atom. The zero-order chi connectivity index (χ0) is 5.70. The first-order valence-corrected chi connectivity index (χ1v) is 4.64. The van der Waals surface area contributed by atoms with Gasteiger partial charge in [0.25, 0.3) is 0 Å². The van der Waals surface area contributed by atoms with Crippen molar-refractivity contribution in [2.75, 3.05) is 6.16 Å². The summed E-state index contributed by atoms with van der Waals surface area (Å²) in [6.07, 6.45) is 1.31. The van der Waals surface area contributed by atoms with Crippen LogP contribution in [-0.4, -0.2) is 6.16 Å². The molecule has 0 aromatic carbocycles. The summed E-state index contributed by atoms with van der Waals surface area (Å²) in [6.45, 7) is 4.47. The first kappa shape index (κ1) is 8.12. The maximum Gasteiger partial charge on any atom is 0.0209 e. The molecule has 0 aliphatic rings. The van der Waals surface area contributed by atoms with Crippen molar-refractivity contribution < 1.29 is 0 Å². The smallest absolute Gasteiger partial charge is 0.0209 e. The van der Waals surface area contributed by atoms with Crippen molar-refractivity contribution in [3.05, 3.63) is 0 Å². The van der Waals surface area contributed by atoms with Gasteiger partial charge in [-0.15, -0.1) is 0 Å². The average molecular weight is 231 g/mol. The molecule has 1 atom stereocenters. The molecule has 0 heterocycles. The predicted molar refractivity (Wildman–Crippen MR) is 45.2 cm³/mol. The summed E-state index contributed by atoms with van der Waals surface area (Å²) in [5.41, 5.74) is 0. The van der Waals surface area contributed by atoms with Crippen LogP contribution >= 0.6 is 31.6 Å². The van der Waals surface area contributed by atoms with Gasteiger partial charge in [-0.05, 0) is 20.8 Å². The molecule has 0 spiro atoms. The van der Waals surface area contributed by atoms with Gasteiger partial charge in [0.2, 0.25) is 0 Å². The number of hydrogen-bond donors (Lipinski definition) is 1. The zero-order valence-corrected chi connectivity index (χ0v) is 7.82. The van der Waals surface area contributed by atoms with E-state index >= 15 is 0 Å². The van der Waals surface area contributed by atoms with Gasteiger partial charge in [-0.3, -0.25) is 0 Å². The summed E-state index contributed by atoms with van der Waals surface area (Å²) in [5, 5.41) is 0. The number of halogens is 1. The quantitative estimate of drug-likeness (QED) is 0.446. The molecule has 0 aliphatic heterocycles. The second-order valence-electron chi connectivity index (χ2n) is 1.87. The van der Waals surface area contributed by atoms with Crippen LogP contribution in [0.3, 0.4) is 0 Å².